The normalized spacial score (nSPS) is 11.5. The van der Waals surface area contributed by atoms with Gasteiger partial charge in [0.1, 0.15) is 5.84 Å². The smallest absolute Gasteiger partial charge is 0.139 e. The molecule has 0 bridgehead atoms. The lowest BCUT2D eigenvalue weighted by molar-refractivity contribution is 0.316. The molecule has 0 aliphatic heterocycles. The maximum atomic E-state index is 8.37. The maximum absolute atomic E-state index is 8.37. The third kappa shape index (κ3) is 5.25. The molecule has 0 spiro atoms. The fourth-order valence-electron chi connectivity index (χ4n) is 1.42. The molecule has 1 rings (SSSR count). The molecule has 17 heavy (non-hydrogen) atoms. The van der Waals surface area contributed by atoms with Crippen LogP contribution in [-0.4, -0.2) is 17.6 Å². The zero-order valence-electron chi connectivity index (χ0n) is 9.91. The number of nitrogens with one attached hydrogen (secondary N) is 1. The van der Waals surface area contributed by atoms with E-state index in [4.69, 9.17) is 10.9 Å². The molecule has 0 amide bonds. The number of benzene rings is 1. The lowest BCUT2D eigenvalue weighted by Crippen LogP contribution is -2.11. The summed E-state index contributed by atoms with van der Waals surface area (Å²) in [6, 6.07) is 6.33. The number of aryl methyl sites for hydroxylation is 1. The van der Waals surface area contributed by atoms with Crippen molar-refractivity contribution in [1.29, 1.82) is 0 Å². The van der Waals surface area contributed by atoms with E-state index in [0.29, 0.717) is 12.3 Å². The molecule has 0 fully saturated rings. The van der Waals surface area contributed by atoms with E-state index in [1.165, 1.54) is 9.13 Å². The van der Waals surface area contributed by atoms with Crippen molar-refractivity contribution in [3.8, 4) is 0 Å². The molecule has 0 radical (unpaired) electrons. The molecule has 4 N–H and O–H groups in total. The molecule has 0 aliphatic rings. The molecule has 0 unspecified atom stereocenters. The predicted octanol–water partition coefficient (Wildman–Crippen LogP) is 2.93. The van der Waals surface area contributed by atoms with E-state index in [1.54, 1.807) is 0 Å². The van der Waals surface area contributed by atoms with Crippen molar-refractivity contribution in [2.75, 3.05) is 11.9 Å². The second kappa shape index (κ2) is 7.37. The molecule has 0 saturated carbocycles. The van der Waals surface area contributed by atoms with Gasteiger partial charge in [0.25, 0.3) is 0 Å². The van der Waals surface area contributed by atoms with E-state index in [1.807, 2.05) is 0 Å². The minimum atomic E-state index is 0.301. The van der Waals surface area contributed by atoms with Gasteiger partial charge in [-0.2, -0.15) is 0 Å². The SMILES string of the molecule is Cc1ccc(NCCCC/C(N)=N/O)cc1I. The second-order valence-corrected chi connectivity index (χ2v) is 5.10. The zero-order chi connectivity index (χ0) is 12.7. The van der Waals surface area contributed by atoms with Gasteiger partial charge in [-0.1, -0.05) is 11.2 Å². The third-order valence-corrected chi connectivity index (χ3v) is 3.65. The first-order valence-corrected chi connectivity index (χ1v) is 6.68. The summed E-state index contributed by atoms with van der Waals surface area (Å²) in [5.41, 5.74) is 7.82. The van der Waals surface area contributed by atoms with E-state index in [9.17, 15) is 0 Å². The molecule has 0 heterocycles. The van der Waals surface area contributed by atoms with E-state index < -0.39 is 0 Å². The minimum absolute atomic E-state index is 0.301. The first-order chi connectivity index (χ1) is 8.13. The van der Waals surface area contributed by atoms with E-state index in [2.05, 4.69) is 58.2 Å². The Bertz CT molecular complexity index is 393. The first-order valence-electron chi connectivity index (χ1n) is 5.60. The fraction of sp³-hybridized carbons (Fsp3) is 0.417. The molecule has 0 aromatic heterocycles. The van der Waals surface area contributed by atoms with Crippen molar-refractivity contribution in [2.45, 2.75) is 26.2 Å². The summed E-state index contributed by atoms with van der Waals surface area (Å²) in [4.78, 5) is 0. The number of hydrogen-bond donors (Lipinski definition) is 3. The number of amidine groups is 1. The van der Waals surface area contributed by atoms with Gasteiger partial charge in [-0.25, -0.2) is 0 Å². The Morgan fingerprint density at radius 3 is 2.88 bits per heavy atom. The Kier molecular flexibility index (Phi) is 6.10. The predicted molar refractivity (Wildman–Crippen MR) is 79.6 cm³/mol. The van der Waals surface area contributed by atoms with Crippen LogP contribution in [0.4, 0.5) is 5.69 Å². The number of oxime groups is 1. The molecule has 0 aliphatic carbocycles. The monoisotopic (exact) mass is 347 g/mol. The molecule has 0 saturated heterocycles. The lowest BCUT2D eigenvalue weighted by Gasteiger charge is -2.07. The van der Waals surface area contributed by atoms with Crippen molar-refractivity contribution in [3.05, 3.63) is 27.3 Å². The molecule has 94 valence electrons. The lowest BCUT2D eigenvalue weighted by atomic mass is 10.2. The van der Waals surface area contributed by atoms with E-state index in [0.717, 1.165) is 25.1 Å². The number of rotatable bonds is 6. The van der Waals surface area contributed by atoms with E-state index in [-0.39, 0.29) is 0 Å². The summed E-state index contributed by atoms with van der Waals surface area (Å²) in [5.74, 6) is 0.301. The number of nitrogens with zero attached hydrogens (tertiary/aromatic N) is 1. The molecule has 1 aromatic rings. The van der Waals surface area contributed by atoms with Crippen molar-refractivity contribution in [3.63, 3.8) is 0 Å². The highest BCUT2D eigenvalue weighted by Gasteiger charge is 1.97. The summed E-state index contributed by atoms with van der Waals surface area (Å²) in [5, 5.41) is 14.7. The van der Waals surface area contributed by atoms with Crippen LogP contribution in [-0.2, 0) is 0 Å². The van der Waals surface area contributed by atoms with Crippen molar-refractivity contribution < 1.29 is 5.21 Å². The van der Waals surface area contributed by atoms with Crippen LogP contribution in [0.25, 0.3) is 0 Å². The summed E-state index contributed by atoms with van der Waals surface area (Å²) in [6.07, 6.45) is 2.57. The highest BCUT2D eigenvalue weighted by atomic mass is 127. The topological polar surface area (TPSA) is 70.6 Å². The van der Waals surface area contributed by atoms with Gasteiger partial charge in [-0.15, -0.1) is 0 Å². The Hall–Kier alpha value is -0.980. The molecule has 0 atom stereocenters. The number of anilines is 1. The van der Waals surface area contributed by atoms with Crippen LogP contribution in [0.2, 0.25) is 0 Å². The number of unbranched alkanes of at least 4 members (excludes halogenated alkanes) is 1. The molecule has 1 aromatic carbocycles. The van der Waals surface area contributed by atoms with Crippen LogP contribution in [0.15, 0.2) is 23.4 Å². The van der Waals surface area contributed by atoms with Crippen LogP contribution < -0.4 is 11.1 Å². The Labute approximate surface area is 115 Å². The second-order valence-electron chi connectivity index (χ2n) is 3.94. The largest absolute Gasteiger partial charge is 0.409 e. The Morgan fingerprint density at radius 2 is 2.24 bits per heavy atom. The van der Waals surface area contributed by atoms with Gasteiger partial charge in [-0.05, 0) is 60.1 Å². The molecule has 5 heteroatoms. The Balaban J connectivity index is 2.24. The molecular formula is C12H18IN3O. The molecular weight excluding hydrogens is 329 g/mol. The summed E-state index contributed by atoms with van der Waals surface area (Å²) in [7, 11) is 0. The van der Waals surface area contributed by atoms with Gasteiger partial charge >= 0.3 is 0 Å². The standard InChI is InChI=1S/C12H18IN3O/c1-9-5-6-10(8-11(9)13)15-7-3-2-4-12(14)16-17/h5-6,8,15,17H,2-4,7H2,1H3,(H2,14,16). The Morgan fingerprint density at radius 1 is 1.47 bits per heavy atom. The van der Waals surface area contributed by atoms with Gasteiger partial charge in [0, 0.05) is 22.2 Å². The summed E-state index contributed by atoms with van der Waals surface area (Å²) in [6.45, 7) is 3.00. The van der Waals surface area contributed by atoms with Crippen molar-refractivity contribution in [2.24, 2.45) is 10.9 Å². The maximum Gasteiger partial charge on any atom is 0.139 e. The number of hydrogen-bond acceptors (Lipinski definition) is 3. The summed E-state index contributed by atoms with van der Waals surface area (Å²) < 4.78 is 1.27. The quantitative estimate of drug-likeness (QED) is 0.185. The van der Waals surface area contributed by atoms with Crippen molar-refractivity contribution >= 4 is 34.1 Å². The fourth-order valence-corrected chi connectivity index (χ4v) is 1.93. The number of halogens is 1. The highest BCUT2D eigenvalue weighted by Crippen LogP contribution is 2.17. The average molecular weight is 347 g/mol. The van der Waals surface area contributed by atoms with E-state index >= 15 is 0 Å². The van der Waals surface area contributed by atoms with Crippen LogP contribution in [0, 0.1) is 10.5 Å². The minimum Gasteiger partial charge on any atom is -0.409 e. The zero-order valence-corrected chi connectivity index (χ0v) is 12.1. The van der Waals surface area contributed by atoms with Gasteiger partial charge in [0.05, 0.1) is 0 Å². The average Bonchev–Trinajstić information content (AvgIpc) is 2.33. The van der Waals surface area contributed by atoms with Gasteiger partial charge in [0.15, 0.2) is 0 Å². The molecule has 4 nitrogen and oxygen atoms in total. The van der Waals surface area contributed by atoms with Crippen LogP contribution in [0.1, 0.15) is 24.8 Å². The third-order valence-electron chi connectivity index (χ3n) is 2.49. The van der Waals surface area contributed by atoms with Crippen LogP contribution in [0.5, 0.6) is 0 Å². The summed E-state index contributed by atoms with van der Waals surface area (Å²) >= 11 is 2.33. The number of nitrogens with two attached hydrogens (primary N) is 1. The van der Waals surface area contributed by atoms with Crippen LogP contribution >= 0.6 is 22.6 Å². The van der Waals surface area contributed by atoms with Gasteiger partial charge in [-0.3, -0.25) is 0 Å². The van der Waals surface area contributed by atoms with Gasteiger partial charge in [0.2, 0.25) is 0 Å². The highest BCUT2D eigenvalue weighted by molar-refractivity contribution is 14.1. The van der Waals surface area contributed by atoms with Gasteiger partial charge < -0.3 is 16.3 Å². The van der Waals surface area contributed by atoms with Crippen molar-refractivity contribution in [1.82, 2.24) is 0 Å². The van der Waals surface area contributed by atoms with Crippen LogP contribution in [0.3, 0.4) is 0 Å². The first kappa shape index (κ1) is 14.1.